The van der Waals surface area contributed by atoms with Crippen LogP contribution in [0, 0.1) is 5.92 Å². The maximum Gasteiger partial charge on any atom is 0.508 e. The number of hydrogen-bond acceptors (Lipinski definition) is 14. The van der Waals surface area contributed by atoms with Gasteiger partial charge in [-0.05, 0) is 37.7 Å². The fraction of sp³-hybridized carbons (Fsp3) is 0.700. The number of aliphatic hydroxyl groups excluding tert-OH is 3. The van der Waals surface area contributed by atoms with E-state index >= 15 is 0 Å². The van der Waals surface area contributed by atoms with Crippen molar-refractivity contribution in [3.8, 4) is 0 Å². The quantitative estimate of drug-likeness (QED) is 0.0369. The number of phosphoric ester groups is 1. The van der Waals surface area contributed by atoms with Crippen molar-refractivity contribution in [2.75, 3.05) is 33.5 Å². The summed E-state index contributed by atoms with van der Waals surface area (Å²) in [5, 5.41) is 35.7. The van der Waals surface area contributed by atoms with Gasteiger partial charge < -0.3 is 54.5 Å². The Labute approximate surface area is 292 Å². The van der Waals surface area contributed by atoms with Crippen molar-refractivity contribution < 1.29 is 67.1 Å². The molecule has 2 unspecified atom stereocenters. The highest BCUT2D eigenvalue weighted by molar-refractivity contribution is 7.80. The summed E-state index contributed by atoms with van der Waals surface area (Å²) in [5.74, 6) is -0.746. The maximum atomic E-state index is 12.3. The Morgan fingerprint density at radius 1 is 1.06 bits per heavy atom. The van der Waals surface area contributed by atoms with Crippen molar-refractivity contribution in [2.24, 2.45) is 5.92 Å². The van der Waals surface area contributed by atoms with E-state index in [9.17, 15) is 34.4 Å². The van der Waals surface area contributed by atoms with Crippen LogP contribution in [-0.2, 0) is 48.7 Å². The van der Waals surface area contributed by atoms with E-state index in [-0.39, 0.29) is 31.7 Å². The van der Waals surface area contributed by atoms with Crippen molar-refractivity contribution >= 4 is 44.9 Å². The minimum Gasteiger partial charge on any atom is -0.431 e. The van der Waals surface area contributed by atoms with Crippen LogP contribution in [0.5, 0.6) is 0 Å². The fourth-order valence-electron chi connectivity index (χ4n) is 5.64. The van der Waals surface area contributed by atoms with Crippen molar-refractivity contribution in [3.63, 3.8) is 0 Å². The zero-order valence-electron chi connectivity index (χ0n) is 27.9. The zero-order valence-corrected chi connectivity index (χ0v) is 29.6. The van der Waals surface area contributed by atoms with Crippen LogP contribution < -0.4 is 10.6 Å². The van der Waals surface area contributed by atoms with Crippen LogP contribution in [0.25, 0.3) is 0 Å². The lowest BCUT2D eigenvalue weighted by Crippen LogP contribution is -2.64. The van der Waals surface area contributed by atoms with Crippen LogP contribution >= 0.6 is 20.0 Å². The van der Waals surface area contributed by atoms with Crippen LogP contribution in [-0.4, -0.2) is 127 Å². The molecule has 3 rings (SSSR count). The molecule has 19 heteroatoms. The molecule has 276 valence electrons. The summed E-state index contributed by atoms with van der Waals surface area (Å²) in [4.78, 5) is 34.5. The molecule has 2 aliphatic rings. The van der Waals surface area contributed by atoms with Gasteiger partial charge in [0.05, 0.1) is 11.6 Å². The minimum atomic E-state index is -4.39. The van der Waals surface area contributed by atoms with Crippen LogP contribution in [0.3, 0.4) is 0 Å². The number of ether oxygens (including phenoxy) is 5. The fourth-order valence-corrected chi connectivity index (χ4v) is 6.57. The third kappa shape index (κ3) is 13.4. The van der Waals surface area contributed by atoms with Gasteiger partial charge in [0, 0.05) is 39.1 Å². The normalized spacial score (nSPS) is 29.5. The van der Waals surface area contributed by atoms with E-state index in [1.807, 2.05) is 26.0 Å². The molecule has 2 saturated heterocycles. The van der Waals surface area contributed by atoms with E-state index in [1.165, 1.54) is 6.92 Å². The topological polar surface area (TPSA) is 221 Å². The van der Waals surface area contributed by atoms with Crippen molar-refractivity contribution in [3.05, 3.63) is 35.9 Å². The number of phosphoric acid groups is 1. The molecule has 2 heterocycles. The first kappa shape index (κ1) is 41.2. The summed E-state index contributed by atoms with van der Waals surface area (Å²) in [6.45, 7) is 1.27. The second kappa shape index (κ2) is 20.6. The molecular formula is C30H48BN2O14PS. The second-order valence-electron chi connectivity index (χ2n) is 11.9. The Bertz CT molecular complexity index is 1240. The number of unbranched alkanes of at least 4 members (excludes halogenated alkanes) is 1. The third-order valence-corrected chi connectivity index (χ3v) is 9.52. The lowest BCUT2D eigenvalue weighted by molar-refractivity contribution is -0.270. The molecule has 2 fully saturated rings. The Morgan fingerprint density at radius 2 is 1.80 bits per heavy atom. The van der Waals surface area contributed by atoms with Crippen molar-refractivity contribution in [1.82, 2.24) is 10.6 Å². The summed E-state index contributed by atoms with van der Waals surface area (Å²) >= 11 is 5.46. The lowest BCUT2D eigenvalue weighted by atomic mass is 9.82. The summed E-state index contributed by atoms with van der Waals surface area (Å²) in [6, 6.07) is 7.72. The lowest BCUT2D eigenvalue weighted by Gasteiger charge is -2.42. The largest absolute Gasteiger partial charge is 0.508 e. The number of nitrogens with one attached hydrogen (secondary N) is 2. The minimum absolute atomic E-state index is 0.0285. The van der Waals surface area contributed by atoms with Gasteiger partial charge in [0.1, 0.15) is 57.6 Å². The second-order valence-corrected chi connectivity index (χ2v) is 13.9. The number of rotatable bonds is 19. The molecule has 10 atom stereocenters. The highest BCUT2D eigenvalue weighted by Crippen LogP contribution is 2.48. The molecule has 0 bridgehead atoms. The van der Waals surface area contributed by atoms with Gasteiger partial charge in [-0.2, -0.15) is 0 Å². The summed E-state index contributed by atoms with van der Waals surface area (Å²) in [7, 11) is -1.51. The van der Waals surface area contributed by atoms with Crippen LogP contribution in [0.1, 0.15) is 44.6 Å². The Hall–Kier alpha value is -2.22. The van der Waals surface area contributed by atoms with Gasteiger partial charge in [-0.15, -0.1) is 0 Å². The van der Waals surface area contributed by atoms with E-state index < -0.39 is 69.3 Å². The summed E-state index contributed by atoms with van der Waals surface area (Å²) in [6.07, 6.45) is -4.51. The Balaban J connectivity index is 1.39. The van der Waals surface area contributed by atoms with E-state index in [0.29, 0.717) is 43.6 Å². The number of benzene rings is 1. The molecule has 0 aliphatic carbocycles. The highest BCUT2D eigenvalue weighted by Gasteiger charge is 2.47. The number of carbonyl (C=O) groups excluding carboxylic acids is 2. The average molecular weight is 735 g/mol. The number of carbonyl (C=O) groups is 2. The smallest absolute Gasteiger partial charge is 0.431 e. The first-order chi connectivity index (χ1) is 23.3. The molecule has 49 heavy (non-hydrogen) atoms. The molecule has 1 amide bonds. The molecule has 0 saturated carbocycles. The van der Waals surface area contributed by atoms with Gasteiger partial charge in [0.15, 0.2) is 6.29 Å². The number of aliphatic hydroxyl groups is 3. The van der Waals surface area contributed by atoms with Gasteiger partial charge >= 0.3 is 14.0 Å². The molecule has 0 radical (unpaired) electrons. The van der Waals surface area contributed by atoms with Gasteiger partial charge in [-0.1, -0.05) is 42.5 Å². The van der Waals surface area contributed by atoms with E-state index in [0.717, 1.165) is 12.7 Å². The zero-order chi connectivity index (χ0) is 36.0. The predicted molar refractivity (Wildman–Crippen MR) is 180 cm³/mol. The van der Waals surface area contributed by atoms with Gasteiger partial charge in [0.2, 0.25) is 5.91 Å². The molecule has 16 nitrogen and oxygen atoms in total. The Kier molecular flexibility index (Phi) is 17.3. The van der Waals surface area contributed by atoms with E-state index in [2.05, 4.69) is 15.2 Å². The maximum absolute atomic E-state index is 12.3. The molecule has 2 aliphatic heterocycles. The van der Waals surface area contributed by atoms with Crippen LogP contribution in [0.15, 0.2) is 30.3 Å². The molecule has 6 N–H and O–H groups in total. The molecule has 0 spiro atoms. The van der Waals surface area contributed by atoms with Gasteiger partial charge in [-0.3, -0.25) is 13.8 Å². The number of amides is 1. The van der Waals surface area contributed by atoms with Gasteiger partial charge in [0.25, 0.3) is 0 Å². The standard InChI is InChI=1S/C30H48BN2O14PS/c1-18(35)33-24-26(37)25(36)21(15-34)46-29(24)42-14-7-6-12-23(49)32-13-8-11-20-27(47-48(39,40)41-2)22(45-28(20)31)17-44-30(38)43-16-19-9-4-3-5-10-19/h3-5,9-10,20-22,24-29,34,36-37H,6-8,11-17,31H2,1-2H3,(H,32,49)(H,33,35)(H,39,40)/t20-,21+,22+,24+,25-,26+,27?,28+,29+/m0/s1. The SMILES string of the molecule is B[C@@H]1O[C@H](COC(=O)OCc2ccccc2)C(OP(=O)(O)OC)[C@@H]1CCCNC(=S)CCCCO[C@@H]1O[C@H](CO)[C@H](O)[C@H](O)[C@H]1NC(C)=O. The van der Waals surface area contributed by atoms with E-state index in [4.69, 9.17) is 40.4 Å². The molecule has 1 aromatic rings. The van der Waals surface area contributed by atoms with E-state index in [1.54, 1.807) is 12.1 Å². The highest BCUT2D eigenvalue weighted by atomic mass is 32.1. The third-order valence-electron chi connectivity index (χ3n) is 8.20. The monoisotopic (exact) mass is 734 g/mol. The molecule has 0 aromatic heterocycles. The Morgan fingerprint density at radius 3 is 2.47 bits per heavy atom. The first-order valence-corrected chi connectivity index (χ1v) is 18.1. The number of hydrogen-bond donors (Lipinski definition) is 6. The predicted octanol–water partition coefficient (Wildman–Crippen LogP) is 0.274. The summed E-state index contributed by atoms with van der Waals surface area (Å²) < 4.78 is 50.1. The van der Waals surface area contributed by atoms with Gasteiger partial charge in [-0.25, -0.2) is 9.36 Å². The van der Waals surface area contributed by atoms with Crippen molar-refractivity contribution in [2.45, 2.75) is 94.5 Å². The first-order valence-electron chi connectivity index (χ1n) is 16.2. The average Bonchev–Trinajstić information content (AvgIpc) is 3.36. The van der Waals surface area contributed by atoms with Crippen LogP contribution in [0.4, 0.5) is 4.79 Å². The molecular weight excluding hydrogens is 686 g/mol. The van der Waals surface area contributed by atoms with Crippen LogP contribution in [0.2, 0.25) is 0 Å². The number of thiocarbonyl (C=S) groups is 1. The van der Waals surface area contributed by atoms with Crippen molar-refractivity contribution in [1.29, 1.82) is 0 Å². The summed E-state index contributed by atoms with van der Waals surface area (Å²) in [5.41, 5.74) is 0.791. The molecule has 1 aromatic carbocycles.